The average Bonchev–Trinajstić information content (AvgIpc) is 2.47. The zero-order valence-electron chi connectivity index (χ0n) is 12.4. The molecule has 0 amide bonds. The van der Waals surface area contributed by atoms with Crippen molar-refractivity contribution < 1.29 is 0 Å². The van der Waals surface area contributed by atoms with Crippen molar-refractivity contribution in [3.63, 3.8) is 0 Å². The normalized spacial score (nSPS) is 10.3. The lowest BCUT2D eigenvalue weighted by molar-refractivity contribution is 0.811. The maximum Gasteiger partial charge on any atom is 0.147 e. The van der Waals surface area contributed by atoms with Gasteiger partial charge in [0, 0.05) is 32.0 Å². The number of anilines is 2. The monoisotopic (exact) mass is 270 g/mol. The van der Waals surface area contributed by atoms with E-state index in [4.69, 9.17) is 0 Å². The smallest absolute Gasteiger partial charge is 0.147 e. The Labute approximate surface area is 120 Å². The van der Waals surface area contributed by atoms with Gasteiger partial charge in [0.2, 0.25) is 0 Å². The van der Waals surface area contributed by atoms with E-state index < -0.39 is 0 Å². The van der Waals surface area contributed by atoms with Gasteiger partial charge in [-0.25, -0.2) is 4.98 Å². The minimum atomic E-state index is 0.896. The zero-order chi connectivity index (χ0) is 14.4. The molecule has 1 aromatic heterocycles. The predicted octanol–water partition coefficient (Wildman–Crippen LogP) is 3.03. The average molecular weight is 270 g/mol. The Bertz CT molecular complexity index is 539. The molecule has 1 aromatic carbocycles. The van der Waals surface area contributed by atoms with Crippen LogP contribution in [0.2, 0.25) is 0 Å². The van der Waals surface area contributed by atoms with Gasteiger partial charge < -0.3 is 10.2 Å². The number of nitrogens with one attached hydrogen (secondary N) is 1. The molecule has 0 saturated heterocycles. The van der Waals surface area contributed by atoms with Crippen molar-refractivity contribution in [1.82, 2.24) is 9.97 Å². The Morgan fingerprint density at radius 3 is 2.65 bits per heavy atom. The summed E-state index contributed by atoms with van der Waals surface area (Å²) in [7, 11) is 2.12. The van der Waals surface area contributed by atoms with Crippen molar-refractivity contribution in [2.24, 2.45) is 0 Å². The van der Waals surface area contributed by atoms with Crippen LogP contribution in [0.3, 0.4) is 0 Å². The second-order valence-electron chi connectivity index (χ2n) is 4.98. The van der Waals surface area contributed by atoms with Crippen LogP contribution >= 0.6 is 0 Å². The Morgan fingerprint density at radius 1 is 1.15 bits per heavy atom. The highest BCUT2D eigenvalue weighted by molar-refractivity contribution is 5.45. The molecule has 0 saturated carbocycles. The first-order valence-electron chi connectivity index (χ1n) is 6.97. The van der Waals surface area contributed by atoms with Gasteiger partial charge in [-0.05, 0) is 32.4 Å². The van der Waals surface area contributed by atoms with E-state index in [-0.39, 0.29) is 0 Å². The fraction of sp³-hybridized carbons (Fsp3) is 0.375. The van der Waals surface area contributed by atoms with Crippen LogP contribution in [-0.2, 0) is 0 Å². The lowest BCUT2D eigenvalue weighted by Crippen LogP contribution is -2.21. The van der Waals surface area contributed by atoms with Crippen molar-refractivity contribution >= 4 is 11.5 Å². The molecule has 106 valence electrons. The minimum absolute atomic E-state index is 0.896. The number of aromatic nitrogens is 2. The van der Waals surface area contributed by atoms with Crippen molar-refractivity contribution in [3.8, 4) is 0 Å². The van der Waals surface area contributed by atoms with Gasteiger partial charge in [-0.3, -0.25) is 4.98 Å². The number of para-hydroxylation sites is 1. The molecule has 20 heavy (non-hydrogen) atoms. The molecule has 0 unspecified atom stereocenters. The fourth-order valence-electron chi connectivity index (χ4n) is 2.04. The summed E-state index contributed by atoms with van der Waals surface area (Å²) in [4.78, 5) is 11.0. The van der Waals surface area contributed by atoms with Crippen LogP contribution in [0.5, 0.6) is 0 Å². The maximum atomic E-state index is 4.46. The number of hydrogen-bond acceptors (Lipinski definition) is 4. The first kappa shape index (κ1) is 14.3. The van der Waals surface area contributed by atoms with E-state index in [1.165, 1.54) is 5.69 Å². The van der Waals surface area contributed by atoms with Gasteiger partial charge in [-0.15, -0.1) is 0 Å². The molecule has 4 heteroatoms. The fourth-order valence-corrected chi connectivity index (χ4v) is 2.04. The van der Waals surface area contributed by atoms with E-state index in [2.05, 4.69) is 51.5 Å². The Balaban J connectivity index is 1.78. The lowest BCUT2D eigenvalue weighted by Gasteiger charge is -2.19. The van der Waals surface area contributed by atoms with Crippen LogP contribution < -0.4 is 10.2 Å². The largest absolute Gasteiger partial charge is 0.375 e. The van der Waals surface area contributed by atoms with Crippen molar-refractivity contribution in [2.45, 2.75) is 20.3 Å². The van der Waals surface area contributed by atoms with Crippen LogP contribution in [0.1, 0.15) is 17.8 Å². The first-order valence-corrected chi connectivity index (χ1v) is 6.97. The highest BCUT2D eigenvalue weighted by atomic mass is 15.1. The van der Waals surface area contributed by atoms with Crippen LogP contribution in [0.4, 0.5) is 11.5 Å². The van der Waals surface area contributed by atoms with Gasteiger partial charge in [-0.2, -0.15) is 0 Å². The minimum Gasteiger partial charge on any atom is -0.375 e. The highest BCUT2D eigenvalue weighted by Gasteiger charge is 2.02. The maximum absolute atomic E-state index is 4.46. The molecular formula is C16H22N4. The predicted molar refractivity (Wildman–Crippen MR) is 84.3 cm³/mol. The summed E-state index contributed by atoms with van der Waals surface area (Å²) >= 11 is 0. The van der Waals surface area contributed by atoms with E-state index in [0.717, 1.165) is 36.7 Å². The molecule has 0 aliphatic rings. The van der Waals surface area contributed by atoms with Gasteiger partial charge in [-0.1, -0.05) is 18.2 Å². The molecule has 0 fully saturated rings. The summed E-state index contributed by atoms with van der Waals surface area (Å²) in [5.74, 6) is 0.896. The SMILES string of the molecule is Cc1cnc(C)c(NCCCN(C)c2ccccc2)n1. The van der Waals surface area contributed by atoms with Crippen LogP contribution in [0, 0.1) is 13.8 Å². The first-order chi connectivity index (χ1) is 9.66. The van der Waals surface area contributed by atoms with Crippen molar-refractivity contribution in [3.05, 3.63) is 47.9 Å². The summed E-state index contributed by atoms with van der Waals surface area (Å²) in [6.45, 7) is 5.84. The molecule has 1 N–H and O–H groups in total. The zero-order valence-corrected chi connectivity index (χ0v) is 12.4. The number of nitrogens with zero attached hydrogens (tertiary/aromatic N) is 3. The third kappa shape index (κ3) is 3.95. The van der Waals surface area contributed by atoms with E-state index in [1.54, 1.807) is 6.20 Å². The molecule has 4 nitrogen and oxygen atoms in total. The van der Waals surface area contributed by atoms with E-state index in [0.29, 0.717) is 0 Å². The van der Waals surface area contributed by atoms with E-state index >= 15 is 0 Å². The molecule has 0 bridgehead atoms. The van der Waals surface area contributed by atoms with Crippen LogP contribution in [0.15, 0.2) is 36.5 Å². The molecule has 0 atom stereocenters. The van der Waals surface area contributed by atoms with Crippen LogP contribution in [-0.4, -0.2) is 30.1 Å². The third-order valence-corrected chi connectivity index (χ3v) is 3.24. The topological polar surface area (TPSA) is 41.1 Å². The second kappa shape index (κ2) is 6.89. The van der Waals surface area contributed by atoms with Gasteiger partial charge >= 0.3 is 0 Å². The van der Waals surface area contributed by atoms with Crippen molar-refractivity contribution in [2.75, 3.05) is 30.4 Å². The van der Waals surface area contributed by atoms with E-state index in [1.807, 2.05) is 19.9 Å². The summed E-state index contributed by atoms with van der Waals surface area (Å²) in [6, 6.07) is 10.4. The number of rotatable bonds is 6. The summed E-state index contributed by atoms with van der Waals surface area (Å²) < 4.78 is 0. The number of benzene rings is 1. The summed E-state index contributed by atoms with van der Waals surface area (Å²) in [5, 5.41) is 3.36. The molecule has 2 rings (SSSR count). The second-order valence-corrected chi connectivity index (χ2v) is 4.98. The van der Waals surface area contributed by atoms with Gasteiger partial charge in [0.1, 0.15) is 5.82 Å². The Morgan fingerprint density at radius 2 is 1.90 bits per heavy atom. The van der Waals surface area contributed by atoms with Gasteiger partial charge in [0.25, 0.3) is 0 Å². The molecule has 0 aliphatic heterocycles. The van der Waals surface area contributed by atoms with Gasteiger partial charge in [0.15, 0.2) is 0 Å². The van der Waals surface area contributed by atoms with Crippen molar-refractivity contribution in [1.29, 1.82) is 0 Å². The van der Waals surface area contributed by atoms with E-state index in [9.17, 15) is 0 Å². The summed E-state index contributed by atoms with van der Waals surface area (Å²) in [6.07, 6.45) is 2.85. The number of aryl methyl sites for hydroxylation is 2. The summed E-state index contributed by atoms with van der Waals surface area (Å²) in [5.41, 5.74) is 3.14. The molecule has 0 aliphatic carbocycles. The quantitative estimate of drug-likeness (QED) is 0.819. The number of hydrogen-bond donors (Lipinski definition) is 1. The molecule has 0 spiro atoms. The Kier molecular flexibility index (Phi) is 4.93. The standard InChI is InChI=1S/C16H22N4/c1-13-12-18-14(2)16(19-13)17-10-7-11-20(3)15-8-5-4-6-9-15/h4-6,8-9,12H,7,10-11H2,1-3H3,(H,17,19). The third-order valence-electron chi connectivity index (χ3n) is 3.24. The molecular weight excluding hydrogens is 248 g/mol. The molecule has 0 radical (unpaired) electrons. The molecule has 1 heterocycles. The Hall–Kier alpha value is -2.10. The molecule has 2 aromatic rings. The lowest BCUT2D eigenvalue weighted by atomic mass is 10.3. The van der Waals surface area contributed by atoms with Gasteiger partial charge in [0.05, 0.1) is 11.4 Å². The van der Waals surface area contributed by atoms with Crippen LogP contribution in [0.25, 0.3) is 0 Å². The highest BCUT2D eigenvalue weighted by Crippen LogP contribution is 2.12.